The lowest BCUT2D eigenvalue weighted by atomic mass is 9.42. The molecule has 4 rings (SSSR count). The zero-order valence-electron chi connectivity index (χ0n) is 11.6. The van der Waals surface area contributed by atoms with Crippen LogP contribution >= 0.6 is 0 Å². The largest absolute Gasteiger partial charge is 0.0622 e. The summed E-state index contributed by atoms with van der Waals surface area (Å²) >= 11 is 0. The Morgan fingerprint density at radius 3 is 1.56 bits per heavy atom. The van der Waals surface area contributed by atoms with Crippen molar-refractivity contribution in [3.05, 3.63) is 0 Å². The Morgan fingerprint density at radius 1 is 0.875 bits per heavy atom. The lowest BCUT2D eigenvalue weighted by Crippen LogP contribution is -2.54. The lowest BCUT2D eigenvalue weighted by molar-refractivity contribution is -0.135. The van der Waals surface area contributed by atoms with E-state index in [-0.39, 0.29) is 0 Å². The van der Waals surface area contributed by atoms with Crippen molar-refractivity contribution in [2.75, 3.05) is 0 Å². The van der Waals surface area contributed by atoms with Gasteiger partial charge in [0, 0.05) is 0 Å². The van der Waals surface area contributed by atoms with Crippen molar-refractivity contribution < 1.29 is 0 Å². The van der Waals surface area contributed by atoms with Gasteiger partial charge in [0.1, 0.15) is 0 Å². The topological polar surface area (TPSA) is 0 Å². The average Bonchev–Trinajstić information content (AvgIpc) is 2.14. The second-order valence-corrected chi connectivity index (χ2v) is 8.07. The van der Waals surface area contributed by atoms with Crippen LogP contribution in [-0.2, 0) is 0 Å². The minimum absolute atomic E-state index is 0.559. The standard InChI is InChI=1S/C16H28/c1-11(2)15(3,4)16-8-12-5-13(9-16)7-14(6-12)10-16/h11-14H,5-10H2,1-4H3. The van der Waals surface area contributed by atoms with Crippen LogP contribution in [0.3, 0.4) is 0 Å². The third kappa shape index (κ3) is 1.34. The van der Waals surface area contributed by atoms with Crippen molar-refractivity contribution in [2.24, 2.45) is 34.5 Å². The van der Waals surface area contributed by atoms with Crippen LogP contribution in [0.2, 0.25) is 0 Å². The molecule has 0 unspecified atom stereocenters. The Morgan fingerprint density at radius 2 is 1.25 bits per heavy atom. The van der Waals surface area contributed by atoms with Crippen LogP contribution in [-0.4, -0.2) is 0 Å². The van der Waals surface area contributed by atoms with Crippen LogP contribution in [0.4, 0.5) is 0 Å². The number of rotatable bonds is 2. The Labute approximate surface area is 101 Å². The van der Waals surface area contributed by atoms with E-state index in [0.29, 0.717) is 5.41 Å². The van der Waals surface area contributed by atoms with Gasteiger partial charge < -0.3 is 0 Å². The van der Waals surface area contributed by atoms with Gasteiger partial charge in [-0.05, 0) is 73.0 Å². The highest BCUT2D eigenvalue weighted by molar-refractivity contribution is 5.07. The third-order valence-corrected chi connectivity index (χ3v) is 6.85. The van der Waals surface area contributed by atoms with E-state index in [1.54, 1.807) is 38.5 Å². The van der Waals surface area contributed by atoms with Crippen LogP contribution < -0.4 is 0 Å². The third-order valence-electron chi connectivity index (χ3n) is 6.85. The first-order chi connectivity index (χ1) is 7.43. The minimum Gasteiger partial charge on any atom is -0.0622 e. The molecule has 0 aliphatic heterocycles. The van der Waals surface area contributed by atoms with Crippen molar-refractivity contribution in [3.8, 4) is 0 Å². The molecule has 0 heterocycles. The summed E-state index contributed by atoms with van der Waals surface area (Å²) < 4.78 is 0. The molecule has 4 aliphatic carbocycles. The summed E-state index contributed by atoms with van der Waals surface area (Å²) in [6.45, 7) is 10.0. The lowest BCUT2D eigenvalue weighted by Gasteiger charge is -2.63. The maximum atomic E-state index is 2.56. The van der Waals surface area contributed by atoms with Crippen LogP contribution in [0.25, 0.3) is 0 Å². The second-order valence-electron chi connectivity index (χ2n) is 8.07. The summed E-state index contributed by atoms with van der Waals surface area (Å²) in [5, 5.41) is 0. The second kappa shape index (κ2) is 3.27. The fourth-order valence-electron chi connectivity index (χ4n) is 5.51. The summed E-state index contributed by atoms with van der Waals surface area (Å²) in [5.74, 6) is 4.14. The van der Waals surface area contributed by atoms with E-state index in [9.17, 15) is 0 Å². The Bertz CT molecular complexity index is 249. The molecule has 0 atom stereocenters. The van der Waals surface area contributed by atoms with Crippen LogP contribution in [0.5, 0.6) is 0 Å². The fraction of sp³-hybridized carbons (Fsp3) is 1.00. The summed E-state index contributed by atoms with van der Waals surface area (Å²) in [5.41, 5.74) is 1.28. The van der Waals surface area contributed by atoms with Gasteiger partial charge in [0.05, 0.1) is 0 Å². The molecule has 0 radical (unpaired) electrons. The van der Waals surface area contributed by atoms with E-state index in [2.05, 4.69) is 27.7 Å². The molecule has 4 fully saturated rings. The van der Waals surface area contributed by atoms with Gasteiger partial charge in [0.25, 0.3) is 0 Å². The van der Waals surface area contributed by atoms with Crippen molar-refractivity contribution in [2.45, 2.75) is 66.2 Å². The van der Waals surface area contributed by atoms with Crippen molar-refractivity contribution in [3.63, 3.8) is 0 Å². The molecule has 0 amide bonds. The first kappa shape index (κ1) is 11.1. The minimum atomic E-state index is 0.559. The number of hydrogen-bond donors (Lipinski definition) is 0. The van der Waals surface area contributed by atoms with E-state index in [1.807, 2.05) is 0 Å². The van der Waals surface area contributed by atoms with E-state index < -0.39 is 0 Å². The first-order valence-corrected chi connectivity index (χ1v) is 7.43. The Hall–Kier alpha value is 0. The summed E-state index contributed by atoms with van der Waals surface area (Å²) in [6.07, 6.45) is 9.41. The SMILES string of the molecule is CC(C)C(C)(C)C12CC3CC(CC(C3)C1)C2. The Balaban J connectivity index is 1.94. The average molecular weight is 220 g/mol. The molecule has 16 heavy (non-hydrogen) atoms. The van der Waals surface area contributed by atoms with E-state index >= 15 is 0 Å². The highest BCUT2D eigenvalue weighted by atomic mass is 14.6. The molecule has 0 aromatic heterocycles. The smallest absolute Gasteiger partial charge is 0.0236 e. The molecular formula is C16H28. The maximum Gasteiger partial charge on any atom is -0.0236 e. The van der Waals surface area contributed by atoms with Crippen molar-refractivity contribution >= 4 is 0 Å². The molecule has 0 nitrogen and oxygen atoms in total. The Kier molecular flexibility index (Phi) is 2.27. The predicted molar refractivity (Wildman–Crippen MR) is 69.2 cm³/mol. The molecule has 0 saturated heterocycles. The first-order valence-electron chi connectivity index (χ1n) is 7.43. The van der Waals surface area contributed by atoms with Gasteiger partial charge in [0.2, 0.25) is 0 Å². The van der Waals surface area contributed by atoms with Crippen LogP contribution in [0.1, 0.15) is 66.2 Å². The van der Waals surface area contributed by atoms with E-state index in [4.69, 9.17) is 0 Å². The van der Waals surface area contributed by atoms with Gasteiger partial charge in [-0.3, -0.25) is 0 Å². The summed E-state index contributed by atoms with van der Waals surface area (Å²) in [7, 11) is 0. The molecule has 4 aliphatic rings. The zero-order chi connectivity index (χ0) is 11.6. The molecule has 0 N–H and O–H groups in total. The molecular weight excluding hydrogens is 192 g/mol. The number of hydrogen-bond acceptors (Lipinski definition) is 0. The maximum absolute atomic E-state index is 2.56. The van der Waals surface area contributed by atoms with Gasteiger partial charge in [-0.25, -0.2) is 0 Å². The van der Waals surface area contributed by atoms with E-state index in [0.717, 1.165) is 29.1 Å². The molecule has 4 saturated carbocycles. The normalized spacial score (nSPS) is 46.7. The van der Waals surface area contributed by atoms with Crippen molar-refractivity contribution in [1.82, 2.24) is 0 Å². The molecule has 92 valence electrons. The highest BCUT2D eigenvalue weighted by Crippen LogP contribution is 2.67. The molecule has 0 aromatic carbocycles. The molecule has 4 bridgehead atoms. The quantitative estimate of drug-likeness (QED) is 0.622. The predicted octanol–water partition coefficient (Wildman–Crippen LogP) is 4.89. The van der Waals surface area contributed by atoms with Crippen LogP contribution in [0.15, 0.2) is 0 Å². The van der Waals surface area contributed by atoms with Gasteiger partial charge in [-0.15, -0.1) is 0 Å². The fourth-order valence-corrected chi connectivity index (χ4v) is 5.51. The summed E-state index contributed by atoms with van der Waals surface area (Å²) in [6, 6.07) is 0. The van der Waals surface area contributed by atoms with Gasteiger partial charge in [0.15, 0.2) is 0 Å². The molecule has 0 heteroatoms. The highest BCUT2D eigenvalue weighted by Gasteiger charge is 2.57. The van der Waals surface area contributed by atoms with Gasteiger partial charge in [-0.1, -0.05) is 27.7 Å². The molecule has 0 aromatic rings. The summed E-state index contributed by atoms with van der Waals surface area (Å²) in [4.78, 5) is 0. The van der Waals surface area contributed by atoms with Crippen LogP contribution in [0, 0.1) is 34.5 Å². The zero-order valence-corrected chi connectivity index (χ0v) is 11.6. The van der Waals surface area contributed by atoms with Gasteiger partial charge in [-0.2, -0.15) is 0 Å². The molecule has 0 spiro atoms. The van der Waals surface area contributed by atoms with Gasteiger partial charge >= 0.3 is 0 Å². The van der Waals surface area contributed by atoms with E-state index in [1.165, 1.54) is 0 Å². The van der Waals surface area contributed by atoms with Crippen molar-refractivity contribution in [1.29, 1.82) is 0 Å². The monoisotopic (exact) mass is 220 g/mol.